The quantitative estimate of drug-likeness (QED) is 0.470. The molecular formula is C21H18BrClO2. The zero-order valence-corrected chi connectivity index (χ0v) is 16.2. The smallest absolute Gasteiger partial charge is 0.135 e. The highest BCUT2D eigenvalue weighted by Crippen LogP contribution is 2.33. The molecule has 25 heavy (non-hydrogen) atoms. The Labute approximate surface area is 161 Å². The lowest BCUT2D eigenvalue weighted by Gasteiger charge is -2.12. The molecule has 0 saturated carbocycles. The summed E-state index contributed by atoms with van der Waals surface area (Å²) in [6.07, 6.45) is 0.750. The summed E-state index contributed by atoms with van der Waals surface area (Å²) in [7, 11) is 1.66. The Morgan fingerprint density at radius 1 is 0.920 bits per heavy atom. The van der Waals surface area contributed by atoms with Crippen LogP contribution >= 0.6 is 27.5 Å². The molecule has 0 bridgehead atoms. The predicted octanol–water partition coefficient (Wildman–Crippen LogP) is 6.28. The van der Waals surface area contributed by atoms with E-state index in [1.165, 1.54) is 5.56 Å². The summed E-state index contributed by atoms with van der Waals surface area (Å²) in [5.41, 5.74) is 3.34. The minimum absolute atomic E-state index is 0.508. The van der Waals surface area contributed by atoms with E-state index < -0.39 is 0 Å². The number of halogens is 2. The van der Waals surface area contributed by atoms with Gasteiger partial charge in [-0.1, -0.05) is 54.1 Å². The average Bonchev–Trinajstić information content (AvgIpc) is 2.65. The summed E-state index contributed by atoms with van der Waals surface area (Å²) in [6.45, 7) is 0.508. The highest BCUT2D eigenvalue weighted by Gasteiger charge is 2.09. The normalized spacial score (nSPS) is 10.5. The van der Waals surface area contributed by atoms with Crippen molar-refractivity contribution in [1.82, 2.24) is 0 Å². The first-order valence-electron chi connectivity index (χ1n) is 7.93. The van der Waals surface area contributed by atoms with Crippen LogP contribution in [0.15, 0.2) is 71.2 Å². The minimum Gasteiger partial charge on any atom is -0.497 e. The third-order valence-electron chi connectivity index (χ3n) is 3.89. The molecule has 0 unspecified atom stereocenters. The number of hydrogen-bond donors (Lipinski definition) is 0. The van der Waals surface area contributed by atoms with Crippen LogP contribution in [0.25, 0.3) is 0 Å². The number of benzene rings is 3. The Morgan fingerprint density at radius 2 is 1.64 bits per heavy atom. The molecule has 0 aliphatic heterocycles. The molecule has 0 fully saturated rings. The molecule has 2 nitrogen and oxygen atoms in total. The molecule has 0 aliphatic rings. The van der Waals surface area contributed by atoms with E-state index >= 15 is 0 Å². The number of hydrogen-bond acceptors (Lipinski definition) is 2. The van der Waals surface area contributed by atoms with Crippen molar-refractivity contribution in [2.24, 2.45) is 0 Å². The Kier molecular flexibility index (Phi) is 6.00. The Bertz CT molecular complexity index is 833. The highest BCUT2D eigenvalue weighted by atomic mass is 79.9. The van der Waals surface area contributed by atoms with Crippen molar-refractivity contribution in [3.63, 3.8) is 0 Å². The first-order chi connectivity index (χ1) is 12.2. The van der Waals surface area contributed by atoms with Gasteiger partial charge in [0.25, 0.3) is 0 Å². The Balaban J connectivity index is 1.72. The number of rotatable bonds is 6. The van der Waals surface area contributed by atoms with E-state index in [4.69, 9.17) is 21.1 Å². The van der Waals surface area contributed by atoms with Crippen molar-refractivity contribution < 1.29 is 9.47 Å². The van der Waals surface area contributed by atoms with Crippen molar-refractivity contribution >= 4 is 27.5 Å². The summed E-state index contributed by atoms with van der Waals surface area (Å²) in [5, 5.41) is 0.696. The van der Waals surface area contributed by atoms with E-state index in [0.717, 1.165) is 33.5 Å². The zero-order valence-electron chi connectivity index (χ0n) is 13.8. The first-order valence-corrected chi connectivity index (χ1v) is 9.10. The van der Waals surface area contributed by atoms with Crippen LogP contribution in [-0.2, 0) is 13.0 Å². The van der Waals surface area contributed by atoms with Crippen LogP contribution in [0.1, 0.15) is 16.7 Å². The molecule has 0 amide bonds. The second-order valence-corrected chi connectivity index (χ2v) is 6.93. The lowest BCUT2D eigenvalue weighted by atomic mass is 10.0. The van der Waals surface area contributed by atoms with Gasteiger partial charge in [0.1, 0.15) is 18.1 Å². The van der Waals surface area contributed by atoms with Gasteiger partial charge in [0.2, 0.25) is 0 Å². The van der Waals surface area contributed by atoms with Crippen molar-refractivity contribution in [2.75, 3.05) is 7.11 Å². The molecular weight excluding hydrogens is 400 g/mol. The topological polar surface area (TPSA) is 18.5 Å². The SMILES string of the molecule is COc1ccc(Cc2cc(Br)c(OCc3ccccc3)cc2Cl)cc1. The zero-order chi connectivity index (χ0) is 17.6. The molecule has 3 aromatic rings. The third-order valence-corrected chi connectivity index (χ3v) is 4.86. The summed E-state index contributed by atoms with van der Waals surface area (Å²) in [6, 6.07) is 21.9. The van der Waals surface area contributed by atoms with Crippen molar-refractivity contribution in [2.45, 2.75) is 13.0 Å². The maximum absolute atomic E-state index is 6.47. The summed E-state index contributed by atoms with van der Waals surface area (Å²) < 4.78 is 12.0. The lowest BCUT2D eigenvalue weighted by Crippen LogP contribution is -1.97. The van der Waals surface area contributed by atoms with Crippen LogP contribution in [0.2, 0.25) is 5.02 Å². The fourth-order valence-corrected chi connectivity index (χ4v) is 3.24. The molecule has 0 atom stereocenters. The van der Waals surface area contributed by atoms with Gasteiger partial charge in [-0.05, 0) is 57.2 Å². The van der Waals surface area contributed by atoms with E-state index in [2.05, 4.69) is 15.9 Å². The van der Waals surface area contributed by atoms with Gasteiger partial charge in [0.05, 0.1) is 11.6 Å². The molecule has 0 aliphatic carbocycles. The van der Waals surface area contributed by atoms with Crippen LogP contribution in [0, 0.1) is 0 Å². The molecule has 128 valence electrons. The van der Waals surface area contributed by atoms with Crippen molar-refractivity contribution in [3.8, 4) is 11.5 Å². The highest BCUT2D eigenvalue weighted by molar-refractivity contribution is 9.10. The van der Waals surface area contributed by atoms with E-state index in [9.17, 15) is 0 Å². The first kappa shape index (κ1) is 17.8. The van der Waals surface area contributed by atoms with Crippen LogP contribution in [0.3, 0.4) is 0 Å². The van der Waals surface area contributed by atoms with E-state index in [1.807, 2.05) is 66.7 Å². The van der Waals surface area contributed by atoms with Gasteiger partial charge >= 0.3 is 0 Å². The van der Waals surface area contributed by atoms with Gasteiger partial charge in [0.15, 0.2) is 0 Å². The number of ether oxygens (including phenoxy) is 2. The minimum atomic E-state index is 0.508. The van der Waals surface area contributed by atoms with E-state index in [0.29, 0.717) is 11.6 Å². The second-order valence-electron chi connectivity index (χ2n) is 5.67. The van der Waals surface area contributed by atoms with Gasteiger partial charge in [-0.25, -0.2) is 0 Å². The second kappa shape index (κ2) is 8.41. The van der Waals surface area contributed by atoms with Gasteiger partial charge in [-0.3, -0.25) is 0 Å². The van der Waals surface area contributed by atoms with Crippen LogP contribution in [0.4, 0.5) is 0 Å². The maximum Gasteiger partial charge on any atom is 0.135 e. The van der Waals surface area contributed by atoms with E-state index in [-0.39, 0.29) is 0 Å². The van der Waals surface area contributed by atoms with Crippen LogP contribution < -0.4 is 9.47 Å². The molecule has 0 heterocycles. The molecule has 0 radical (unpaired) electrons. The standard InChI is InChI=1S/C21H18BrClO2/c1-24-18-9-7-15(8-10-18)11-17-12-19(22)21(13-20(17)23)25-14-16-5-3-2-4-6-16/h2-10,12-13H,11,14H2,1H3. The summed E-state index contributed by atoms with van der Waals surface area (Å²) >= 11 is 10.1. The average molecular weight is 418 g/mol. The monoisotopic (exact) mass is 416 g/mol. The van der Waals surface area contributed by atoms with Crippen LogP contribution in [0.5, 0.6) is 11.5 Å². The Morgan fingerprint density at radius 3 is 2.32 bits per heavy atom. The largest absolute Gasteiger partial charge is 0.497 e. The molecule has 3 rings (SSSR count). The van der Waals surface area contributed by atoms with Gasteiger partial charge < -0.3 is 9.47 Å². The molecule has 0 saturated heterocycles. The van der Waals surface area contributed by atoms with Gasteiger partial charge in [0, 0.05) is 11.1 Å². The fourth-order valence-electron chi connectivity index (χ4n) is 2.51. The fraction of sp³-hybridized carbons (Fsp3) is 0.143. The lowest BCUT2D eigenvalue weighted by molar-refractivity contribution is 0.304. The summed E-state index contributed by atoms with van der Waals surface area (Å²) in [5.74, 6) is 1.59. The van der Waals surface area contributed by atoms with Gasteiger partial charge in [-0.2, -0.15) is 0 Å². The molecule has 4 heteroatoms. The third kappa shape index (κ3) is 4.77. The summed E-state index contributed by atoms with van der Waals surface area (Å²) in [4.78, 5) is 0. The predicted molar refractivity (Wildman–Crippen MR) is 106 cm³/mol. The molecule has 0 spiro atoms. The molecule has 3 aromatic carbocycles. The molecule has 0 aromatic heterocycles. The molecule has 0 N–H and O–H groups in total. The van der Waals surface area contributed by atoms with Gasteiger partial charge in [-0.15, -0.1) is 0 Å². The van der Waals surface area contributed by atoms with Crippen molar-refractivity contribution in [1.29, 1.82) is 0 Å². The van der Waals surface area contributed by atoms with Crippen LogP contribution in [-0.4, -0.2) is 7.11 Å². The number of methoxy groups -OCH3 is 1. The maximum atomic E-state index is 6.47. The van der Waals surface area contributed by atoms with Crippen molar-refractivity contribution in [3.05, 3.63) is 92.9 Å². The Hall–Kier alpha value is -1.97. The van der Waals surface area contributed by atoms with E-state index in [1.54, 1.807) is 7.11 Å².